The predicted molar refractivity (Wildman–Crippen MR) is 101 cm³/mol. The molecule has 0 aliphatic carbocycles. The largest absolute Gasteiger partial charge is 0.310 e. The van der Waals surface area contributed by atoms with Crippen LogP contribution in [0.5, 0.6) is 0 Å². The molecule has 1 fully saturated rings. The van der Waals surface area contributed by atoms with E-state index in [9.17, 15) is 13.2 Å². The third-order valence-electron chi connectivity index (χ3n) is 3.88. The highest BCUT2D eigenvalue weighted by Gasteiger charge is 2.34. The van der Waals surface area contributed by atoms with Gasteiger partial charge in [-0.15, -0.1) is 11.3 Å². The maximum Gasteiger partial charge on any atom is 0.252 e. The van der Waals surface area contributed by atoms with Crippen molar-refractivity contribution in [2.45, 2.75) is 17.1 Å². The van der Waals surface area contributed by atoms with Crippen LogP contribution in [0.3, 0.4) is 0 Å². The standard InChI is InChI=1S/C15H15BrClN3O3S2/c16-11-3-5-13(18-8-11)19-15(21)10-2-1-7-20(9-10)25(22,23)14-6-4-12(17)24-14/h3-6,8,10H,1-2,7,9H2,(H,18,19,21). The molecule has 1 saturated heterocycles. The molecule has 1 aliphatic rings. The Labute approximate surface area is 163 Å². The summed E-state index contributed by atoms with van der Waals surface area (Å²) >= 11 is 10.2. The summed E-state index contributed by atoms with van der Waals surface area (Å²) in [7, 11) is -3.62. The molecule has 0 spiro atoms. The van der Waals surface area contributed by atoms with E-state index in [-0.39, 0.29) is 16.7 Å². The quantitative estimate of drug-likeness (QED) is 0.750. The van der Waals surface area contributed by atoms with Gasteiger partial charge in [0.05, 0.1) is 10.3 Å². The summed E-state index contributed by atoms with van der Waals surface area (Å²) in [6.07, 6.45) is 2.86. The Bertz CT molecular complexity index is 870. The molecular weight excluding hydrogens is 450 g/mol. The monoisotopic (exact) mass is 463 g/mol. The van der Waals surface area contributed by atoms with Gasteiger partial charge in [-0.05, 0) is 53.0 Å². The zero-order chi connectivity index (χ0) is 18.0. The number of carbonyl (C=O) groups is 1. The molecule has 2 aromatic rings. The molecule has 3 heterocycles. The Morgan fingerprint density at radius 1 is 1.36 bits per heavy atom. The van der Waals surface area contributed by atoms with Crippen LogP contribution in [0.25, 0.3) is 0 Å². The van der Waals surface area contributed by atoms with Gasteiger partial charge in [0.1, 0.15) is 10.0 Å². The summed E-state index contributed by atoms with van der Waals surface area (Å²) in [6, 6.07) is 6.53. The number of hydrogen-bond acceptors (Lipinski definition) is 5. The van der Waals surface area contributed by atoms with Gasteiger partial charge in [-0.25, -0.2) is 13.4 Å². The van der Waals surface area contributed by atoms with Crippen molar-refractivity contribution in [3.8, 4) is 0 Å². The van der Waals surface area contributed by atoms with Crippen LogP contribution < -0.4 is 5.32 Å². The molecule has 1 atom stereocenters. The van der Waals surface area contributed by atoms with Crippen LogP contribution in [0.2, 0.25) is 4.34 Å². The first kappa shape index (κ1) is 18.8. The number of rotatable bonds is 4. The molecule has 10 heteroatoms. The number of nitrogens with zero attached hydrogens (tertiary/aromatic N) is 2. The first-order valence-electron chi connectivity index (χ1n) is 7.54. The minimum Gasteiger partial charge on any atom is -0.310 e. The lowest BCUT2D eigenvalue weighted by Gasteiger charge is -2.30. The number of sulfonamides is 1. The van der Waals surface area contributed by atoms with Gasteiger partial charge in [-0.3, -0.25) is 4.79 Å². The van der Waals surface area contributed by atoms with E-state index in [1.54, 1.807) is 24.4 Å². The zero-order valence-electron chi connectivity index (χ0n) is 13.0. The molecule has 2 aromatic heterocycles. The zero-order valence-corrected chi connectivity index (χ0v) is 17.0. The van der Waals surface area contributed by atoms with E-state index < -0.39 is 15.9 Å². The summed E-state index contributed by atoms with van der Waals surface area (Å²) in [5.74, 6) is -0.193. The van der Waals surface area contributed by atoms with Crippen molar-refractivity contribution in [3.63, 3.8) is 0 Å². The van der Waals surface area contributed by atoms with E-state index in [1.165, 1.54) is 10.4 Å². The molecule has 6 nitrogen and oxygen atoms in total. The highest BCUT2D eigenvalue weighted by Crippen LogP contribution is 2.30. The fraction of sp³-hybridized carbons (Fsp3) is 0.333. The van der Waals surface area contributed by atoms with Crippen LogP contribution in [0.4, 0.5) is 5.82 Å². The van der Waals surface area contributed by atoms with Crippen molar-refractivity contribution in [1.82, 2.24) is 9.29 Å². The Kier molecular flexibility index (Phi) is 5.79. The highest BCUT2D eigenvalue weighted by molar-refractivity contribution is 9.10. The van der Waals surface area contributed by atoms with E-state index in [0.29, 0.717) is 29.5 Å². The van der Waals surface area contributed by atoms with Crippen molar-refractivity contribution in [2.75, 3.05) is 18.4 Å². The van der Waals surface area contributed by atoms with Crippen LogP contribution in [0.15, 0.2) is 39.1 Å². The lowest BCUT2D eigenvalue weighted by molar-refractivity contribution is -0.120. The first-order chi connectivity index (χ1) is 11.9. The highest BCUT2D eigenvalue weighted by atomic mass is 79.9. The van der Waals surface area contributed by atoms with Crippen molar-refractivity contribution in [2.24, 2.45) is 5.92 Å². The van der Waals surface area contributed by atoms with Gasteiger partial charge in [-0.1, -0.05) is 11.6 Å². The number of piperidine rings is 1. The van der Waals surface area contributed by atoms with Crippen LogP contribution >= 0.6 is 38.9 Å². The molecule has 1 aliphatic heterocycles. The minimum atomic E-state index is -3.62. The summed E-state index contributed by atoms with van der Waals surface area (Å²) in [5.41, 5.74) is 0. The van der Waals surface area contributed by atoms with E-state index in [2.05, 4.69) is 26.2 Å². The van der Waals surface area contributed by atoms with Gasteiger partial charge in [0.25, 0.3) is 10.0 Å². The fourth-order valence-corrected chi connectivity index (χ4v) is 6.01. The molecule has 0 aromatic carbocycles. The lowest BCUT2D eigenvalue weighted by Crippen LogP contribution is -2.43. The molecule has 0 bridgehead atoms. The third kappa shape index (κ3) is 4.40. The number of nitrogens with one attached hydrogen (secondary N) is 1. The van der Waals surface area contributed by atoms with E-state index in [1.807, 2.05) is 0 Å². The van der Waals surface area contributed by atoms with Crippen molar-refractivity contribution in [1.29, 1.82) is 0 Å². The normalized spacial score (nSPS) is 18.9. The van der Waals surface area contributed by atoms with Crippen LogP contribution in [-0.2, 0) is 14.8 Å². The first-order valence-corrected chi connectivity index (χ1v) is 11.0. The van der Waals surface area contributed by atoms with Gasteiger partial charge in [0, 0.05) is 23.8 Å². The van der Waals surface area contributed by atoms with Crippen LogP contribution in [-0.4, -0.2) is 36.7 Å². The van der Waals surface area contributed by atoms with Gasteiger partial charge in [0.2, 0.25) is 5.91 Å². The maximum atomic E-state index is 12.7. The minimum absolute atomic E-state index is 0.153. The molecule has 0 saturated carbocycles. The second-order valence-corrected chi connectivity index (χ2v) is 10.4. The summed E-state index contributed by atoms with van der Waals surface area (Å²) in [5, 5.41) is 2.74. The van der Waals surface area contributed by atoms with Crippen molar-refractivity contribution in [3.05, 3.63) is 39.3 Å². The molecular formula is C15H15BrClN3O3S2. The molecule has 1 unspecified atom stereocenters. The number of amides is 1. The number of anilines is 1. The number of hydrogen-bond donors (Lipinski definition) is 1. The number of halogens is 2. The molecule has 134 valence electrons. The summed E-state index contributed by atoms with van der Waals surface area (Å²) in [6.45, 7) is 0.554. The Morgan fingerprint density at radius 2 is 2.16 bits per heavy atom. The van der Waals surface area contributed by atoms with E-state index in [4.69, 9.17) is 11.6 Å². The third-order valence-corrected chi connectivity index (χ3v) is 7.91. The molecule has 3 rings (SSSR count). The van der Waals surface area contributed by atoms with Gasteiger partial charge < -0.3 is 5.32 Å². The maximum absolute atomic E-state index is 12.7. The second-order valence-electron chi connectivity index (χ2n) is 5.61. The Hall–Kier alpha value is -1.000. The topological polar surface area (TPSA) is 79.4 Å². The number of pyridine rings is 1. The molecule has 1 N–H and O–H groups in total. The number of carbonyl (C=O) groups excluding carboxylic acids is 1. The molecule has 0 radical (unpaired) electrons. The number of aromatic nitrogens is 1. The summed E-state index contributed by atoms with van der Waals surface area (Å²) < 4.78 is 28.2. The predicted octanol–water partition coefficient (Wildman–Crippen LogP) is 3.60. The van der Waals surface area contributed by atoms with E-state index in [0.717, 1.165) is 15.8 Å². The Balaban J connectivity index is 1.70. The Morgan fingerprint density at radius 3 is 2.80 bits per heavy atom. The smallest absolute Gasteiger partial charge is 0.252 e. The van der Waals surface area contributed by atoms with E-state index >= 15 is 0 Å². The fourth-order valence-electron chi connectivity index (χ4n) is 2.62. The lowest BCUT2D eigenvalue weighted by atomic mass is 9.99. The van der Waals surface area contributed by atoms with Crippen LogP contribution in [0.1, 0.15) is 12.8 Å². The summed E-state index contributed by atoms with van der Waals surface area (Å²) in [4.78, 5) is 16.6. The van der Waals surface area contributed by atoms with Crippen molar-refractivity contribution < 1.29 is 13.2 Å². The molecule has 1 amide bonds. The molecule has 25 heavy (non-hydrogen) atoms. The van der Waals surface area contributed by atoms with Gasteiger partial charge in [0.15, 0.2) is 0 Å². The SMILES string of the molecule is O=C(Nc1ccc(Br)cn1)C1CCCN(S(=O)(=O)c2ccc(Cl)s2)C1. The van der Waals surface area contributed by atoms with Crippen LogP contribution in [0, 0.1) is 5.92 Å². The average Bonchev–Trinajstić information content (AvgIpc) is 3.04. The second kappa shape index (κ2) is 7.71. The number of thiophene rings is 1. The van der Waals surface area contributed by atoms with Gasteiger partial charge >= 0.3 is 0 Å². The van der Waals surface area contributed by atoms with Gasteiger partial charge in [-0.2, -0.15) is 4.31 Å². The average molecular weight is 465 g/mol. The van der Waals surface area contributed by atoms with Crippen molar-refractivity contribution >= 4 is 60.6 Å².